The fraction of sp³-hybridized carbons (Fsp3) is 0.150. The Hall–Kier alpha value is -3.33. The van der Waals surface area contributed by atoms with Crippen LogP contribution in [0.3, 0.4) is 0 Å². The largest absolute Gasteiger partial charge is 0.493 e. The van der Waals surface area contributed by atoms with E-state index in [9.17, 15) is 14.3 Å². The molecule has 2 aromatic carbocycles. The van der Waals surface area contributed by atoms with Gasteiger partial charge in [0.2, 0.25) is 5.89 Å². The second-order valence-corrected chi connectivity index (χ2v) is 6.63. The lowest BCUT2D eigenvalue weighted by molar-refractivity contribution is -0.131. The molecule has 0 radical (unpaired) electrons. The van der Waals surface area contributed by atoms with E-state index < -0.39 is 5.97 Å². The number of nitrogens with zero attached hydrogens (tertiary/aromatic N) is 2. The molecule has 0 fully saturated rings. The van der Waals surface area contributed by atoms with Crippen LogP contribution in [0.4, 0.5) is 4.39 Å². The van der Waals surface area contributed by atoms with Crippen molar-refractivity contribution in [2.75, 3.05) is 13.7 Å². The van der Waals surface area contributed by atoms with Gasteiger partial charge in [-0.1, -0.05) is 6.07 Å². The van der Waals surface area contributed by atoms with E-state index >= 15 is 0 Å². The molecule has 1 aromatic heterocycles. The van der Waals surface area contributed by atoms with Crippen molar-refractivity contribution in [2.24, 2.45) is 0 Å². The lowest BCUT2D eigenvalue weighted by atomic mass is 10.2. The quantitative estimate of drug-likeness (QED) is 0.424. The topological polar surface area (TPSA) is 94.7 Å². The van der Waals surface area contributed by atoms with Crippen molar-refractivity contribution in [3.8, 4) is 23.0 Å². The maximum absolute atomic E-state index is 13.0. The summed E-state index contributed by atoms with van der Waals surface area (Å²) in [6.45, 7) is 2.28. The standard InChI is InChI=1S/C20H17FN2O5S/c1-3-27-16-10-12(4-9-15(16)26-2)11-17(19(24)25)29-20-23-22-18(28-20)13-5-7-14(21)8-6-13/h4-11H,3H2,1-2H3,(H,24,25)/b17-11+. The Balaban J connectivity index is 1.85. The van der Waals surface area contributed by atoms with Crippen molar-refractivity contribution in [2.45, 2.75) is 12.1 Å². The minimum absolute atomic E-state index is 0.0214. The highest BCUT2D eigenvalue weighted by Crippen LogP contribution is 2.33. The lowest BCUT2D eigenvalue weighted by Gasteiger charge is -2.10. The number of aromatic nitrogens is 2. The number of methoxy groups -OCH3 is 1. The summed E-state index contributed by atoms with van der Waals surface area (Å²) in [4.78, 5) is 11.7. The molecule has 0 aliphatic heterocycles. The number of halogens is 1. The summed E-state index contributed by atoms with van der Waals surface area (Å²) < 4.78 is 29.3. The summed E-state index contributed by atoms with van der Waals surface area (Å²) in [7, 11) is 1.53. The second kappa shape index (κ2) is 9.24. The first-order chi connectivity index (χ1) is 14.0. The summed E-state index contributed by atoms with van der Waals surface area (Å²) in [6, 6.07) is 10.6. The van der Waals surface area contributed by atoms with Crippen molar-refractivity contribution >= 4 is 23.8 Å². The Kier molecular flexibility index (Phi) is 6.50. The van der Waals surface area contributed by atoms with Crippen molar-refractivity contribution in [3.05, 3.63) is 58.8 Å². The van der Waals surface area contributed by atoms with Crippen molar-refractivity contribution in [1.29, 1.82) is 0 Å². The molecule has 0 saturated heterocycles. The van der Waals surface area contributed by atoms with Gasteiger partial charge in [-0.2, -0.15) is 0 Å². The molecule has 0 aliphatic carbocycles. The highest BCUT2D eigenvalue weighted by Gasteiger charge is 2.16. The molecule has 29 heavy (non-hydrogen) atoms. The van der Waals surface area contributed by atoms with Crippen LogP contribution in [0.15, 0.2) is 57.0 Å². The molecule has 0 amide bonds. The number of carboxylic acids is 1. The Bertz CT molecular complexity index is 1030. The van der Waals surface area contributed by atoms with Crippen LogP contribution in [0.5, 0.6) is 11.5 Å². The highest BCUT2D eigenvalue weighted by molar-refractivity contribution is 8.03. The molecule has 0 saturated carbocycles. The van der Waals surface area contributed by atoms with Gasteiger partial charge in [-0.3, -0.25) is 0 Å². The number of hydrogen-bond acceptors (Lipinski definition) is 7. The second-order valence-electron chi connectivity index (χ2n) is 5.64. The van der Waals surface area contributed by atoms with Gasteiger partial charge in [-0.15, -0.1) is 10.2 Å². The van der Waals surface area contributed by atoms with Crippen LogP contribution in [0, 0.1) is 5.82 Å². The van der Waals surface area contributed by atoms with E-state index in [4.69, 9.17) is 13.9 Å². The van der Waals surface area contributed by atoms with Crippen LogP contribution in [0.2, 0.25) is 0 Å². The minimum atomic E-state index is -1.15. The van der Waals surface area contributed by atoms with Crippen molar-refractivity contribution in [1.82, 2.24) is 10.2 Å². The summed E-state index contributed by atoms with van der Waals surface area (Å²) in [5.74, 6) is -0.306. The van der Waals surface area contributed by atoms with Crippen LogP contribution < -0.4 is 9.47 Å². The molecule has 1 N–H and O–H groups in total. The zero-order valence-electron chi connectivity index (χ0n) is 15.6. The number of rotatable bonds is 8. The van der Waals surface area contributed by atoms with Crippen LogP contribution in [-0.2, 0) is 4.79 Å². The molecule has 0 atom stereocenters. The number of ether oxygens (including phenoxy) is 2. The van der Waals surface area contributed by atoms with Crippen molar-refractivity contribution in [3.63, 3.8) is 0 Å². The van der Waals surface area contributed by atoms with Gasteiger partial charge < -0.3 is 19.0 Å². The molecule has 3 aromatic rings. The molecule has 0 unspecified atom stereocenters. The monoisotopic (exact) mass is 416 g/mol. The van der Waals surface area contributed by atoms with E-state index in [1.165, 1.54) is 37.5 Å². The van der Waals surface area contributed by atoms with Gasteiger partial charge in [0.05, 0.1) is 13.7 Å². The van der Waals surface area contributed by atoms with Crippen LogP contribution >= 0.6 is 11.8 Å². The van der Waals surface area contributed by atoms with Gasteiger partial charge in [0.25, 0.3) is 5.22 Å². The number of thioether (sulfide) groups is 1. The van der Waals surface area contributed by atoms with Gasteiger partial charge in [0.15, 0.2) is 11.5 Å². The third kappa shape index (κ3) is 5.14. The minimum Gasteiger partial charge on any atom is -0.493 e. The fourth-order valence-corrected chi connectivity index (χ4v) is 3.06. The van der Waals surface area contributed by atoms with E-state index in [1.54, 1.807) is 18.2 Å². The number of carbonyl (C=O) groups is 1. The first kappa shape index (κ1) is 20.4. The third-order valence-corrected chi connectivity index (χ3v) is 4.54. The zero-order valence-corrected chi connectivity index (χ0v) is 16.4. The molecule has 0 bridgehead atoms. The van der Waals surface area contributed by atoms with Gasteiger partial charge in [0, 0.05) is 5.56 Å². The normalized spacial score (nSPS) is 11.3. The first-order valence-corrected chi connectivity index (χ1v) is 9.35. The van der Waals surface area contributed by atoms with E-state index in [0.29, 0.717) is 29.2 Å². The summed E-state index contributed by atoms with van der Waals surface area (Å²) in [5, 5.41) is 17.3. The molecule has 9 heteroatoms. The highest BCUT2D eigenvalue weighted by atomic mass is 32.2. The van der Waals surface area contributed by atoms with Crippen LogP contribution in [0.1, 0.15) is 12.5 Å². The zero-order chi connectivity index (χ0) is 20.8. The third-order valence-electron chi connectivity index (χ3n) is 3.69. The van der Waals surface area contributed by atoms with Gasteiger partial charge in [0.1, 0.15) is 10.7 Å². The molecular formula is C20H17FN2O5S. The maximum atomic E-state index is 13.0. The predicted molar refractivity (Wildman–Crippen MR) is 105 cm³/mol. The maximum Gasteiger partial charge on any atom is 0.342 e. The molecule has 3 rings (SSSR count). The Morgan fingerprint density at radius 2 is 1.97 bits per heavy atom. The summed E-state index contributed by atoms with van der Waals surface area (Å²) in [5.41, 5.74) is 1.14. The van der Waals surface area contributed by atoms with E-state index in [2.05, 4.69) is 10.2 Å². The van der Waals surface area contributed by atoms with Crippen LogP contribution in [-0.4, -0.2) is 35.0 Å². The van der Waals surface area contributed by atoms with Crippen LogP contribution in [0.25, 0.3) is 17.5 Å². The molecule has 0 spiro atoms. The Labute approximate surface area is 170 Å². The average Bonchev–Trinajstić information content (AvgIpc) is 3.17. The number of hydrogen-bond donors (Lipinski definition) is 1. The molecule has 150 valence electrons. The van der Waals surface area contributed by atoms with E-state index in [1.807, 2.05) is 6.92 Å². The molecule has 1 heterocycles. The summed E-state index contributed by atoms with van der Waals surface area (Å²) in [6.07, 6.45) is 1.47. The van der Waals surface area contributed by atoms with E-state index in [-0.39, 0.29) is 21.8 Å². The predicted octanol–water partition coefficient (Wildman–Crippen LogP) is 4.50. The number of benzene rings is 2. The van der Waals surface area contributed by atoms with Gasteiger partial charge in [-0.05, 0) is 66.7 Å². The average molecular weight is 416 g/mol. The summed E-state index contributed by atoms with van der Waals surface area (Å²) >= 11 is 0.815. The van der Waals surface area contributed by atoms with Gasteiger partial charge >= 0.3 is 5.97 Å². The lowest BCUT2D eigenvalue weighted by Crippen LogP contribution is -1.98. The number of aliphatic carboxylic acids is 1. The van der Waals surface area contributed by atoms with Gasteiger partial charge in [-0.25, -0.2) is 9.18 Å². The first-order valence-electron chi connectivity index (χ1n) is 8.53. The van der Waals surface area contributed by atoms with E-state index in [0.717, 1.165) is 11.8 Å². The molecular weight excluding hydrogens is 399 g/mol. The molecule has 0 aliphatic rings. The number of carboxylic acid groups (broad SMARTS) is 1. The molecule has 7 nitrogen and oxygen atoms in total. The smallest absolute Gasteiger partial charge is 0.342 e. The van der Waals surface area contributed by atoms with Crippen molar-refractivity contribution < 1.29 is 28.2 Å². The Morgan fingerprint density at radius 1 is 1.21 bits per heavy atom. The Morgan fingerprint density at radius 3 is 2.62 bits per heavy atom. The SMILES string of the molecule is CCOc1cc(/C=C(/Sc2nnc(-c3ccc(F)cc3)o2)C(=O)O)ccc1OC. The fourth-order valence-electron chi connectivity index (χ4n) is 2.39.